The summed E-state index contributed by atoms with van der Waals surface area (Å²) in [6.07, 6.45) is 8.01. The fourth-order valence-electron chi connectivity index (χ4n) is 2.54. The van der Waals surface area contributed by atoms with E-state index in [1.807, 2.05) is 6.07 Å². The van der Waals surface area contributed by atoms with Gasteiger partial charge in [0.25, 0.3) is 5.91 Å². The van der Waals surface area contributed by atoms with Crippen molar-refractivity contribution < 1.29 is 14.3 Å². The molecule has 0 radical (unpaired) electrons. The molecule has 1 aromatic heterocycles. The van der Waals surface area contributed by atoms with Crippen LogP contribution in [-0.4, -0.2) is 18.5 Å². The molecule has 128 valence electrons. The van der Waals surface area contributed by atoms with E-state index in [-0.39, 0.29) is 18.1 Å². The standard InChI is InChI=1S/C17H21N3O3S/c1-2-23-17(22)13(10-18)11-19-20-16(21)15-9-12-7-5-3-4-6-8-14(12)24-15/h9,11,19H,2-8H2,1H3,(H,20,21)/b13-11-. The Bertz CT molecular complexity index is 648. The third kappa shape index (κ3) is 4.83. The maximum atomic E-state index is 12.2. The SMILES string of the molecule is CCOC(=O)/C(C#N)=C\NNC(=O)c1cc2c(s1)CCCCCC2. The fraction of sp³-hybridized carbons (Fsp3) is 0.471. The first-order valence-electron chi connectivity index (χ1n) is 8.10. The number of nitrogens with zero attached hydrogens (tertiary/aromatic N) is 1. The van der Waals surface area contributed by atoms with Crippen molar-refractivity contribution in [3.8, 4) is 6.07 Å². The lowest BCUT2D eigenvalue weighted by atomic mass is 10.00. The van der Waals surface area contributed by atoms with Gasteiger partial charge in [-0.15, -0.1) is 11.3 Å². The number of hydrogen-bond acceptors (Lipinski definition) is 6. The molecule has 0 fully saturated rings. The third-order valence-corrected chi connectivity index (χ3v) is 4.97. The van der Waals surface area contributed by atoms with Gasteiger partial charge in [-0.3, -0.25) is 10.2 Å². The molecule has 1 heterocycles. The van der Waals surface area contributed by atoms with Crippen LogP contribution in [0.15, 0.2) is 17.8 Å². The average molecular weight is 347 g/mol. The molecule has 6 nitrogen and oxygen atoms in total. The number of carbonyl (C=O) groups excluding carboxylic acids is 2. The Morgan fingerprint density at radius 1 is 1.33 bits per heavy atom. The van der Waals surface area contributed by atoms with Gasteiger partial charge >= 0.3 is 5.97 Å². The number of carbonyl (C=O) groups is 2. The van der Waals surface area contributed by atoms with Gasteiger partial charge in [0, 0.05) is 11.1 Å². The number of fused-ring (bicyclic) bond motifs is 1. The van der Waals surface area contributed by atoms with Crippen LogP contribution in [0.25, 0.3) is 0 Å². The minimum Gasteiger partial charge on any atom is -0.462 e. The summed E-state index contributed by atoms with van der Waals surface area (Å²) in [7, 11) is 0. The van der Waals surface area contributed by atoms with Crippen molar-refractivity contribution >= 4 is 23.2 Å². The van der Waals surface area contributed by atoms with Crippen molar-refractivity contribution in [3.05, 3.63) is 33.2 Å². The van der Waals surface area contributed by atoms with Gasteiger partial charge in [-0.25, -0.2) is 4.79 Å². The maximum absolute atomic E-state index is 12.2. The average Bonchev–Trinajstić information content (AvgIpc) is 2.94. The third-order valence-electron chi connectivity index (χ3n) is 3.74. The highest BCUT2D eigenvalue weighted by Gasteiger charge is 2.16. The summed E-state index contributed by atoms with van der Waals surface area (Å²) in [6.45, 7) is 1.84. The van der Waals surface area contributed by atoms with E-state index in [9.17, 15) is 9.59 Å². The second kappa shape index (κ2) is 9.08. The Balaban J connectivity index is 1.96. The van der Waals surface area contributed by atoms with E-state index in [1.54, 1.807) is 13.0 Å². The van der Waals surface area contributed by atoms with Crippen LogP contribution in [0.1, 0.15) is 52.7 Å². The molecule has 1 aliphatic rings. The molecule has 1 aliphatic carbocycles. The lowest BCUT2D eigenvalue weighted by molar-refractivity contribution is -0.138. The van der Waals surface area contributed by atoms with Crippen molar-refractivity contribution in [3.63, 3.8) is 0 Å². The first-order valence-corrected chi connectivity index (χ1v) is 8.92. The number of thiophene rings is 1. The molecular weight excluding hydrogens is 326 g/mol. The molecule has 1 aromatic rings. The van der Waals surface area contributed by atoms with Gasteiger partial charge in [0.1, 0.15) is 6.07 Å². The summed E-state index contributed by atoms with van der Waals surface area (Å²) in [5, 5.41) is 8.90. The highest BCUT2D eigenvalue weighted by Crippen LogP contribution is 2.28. The zero-order chi connectivity index (χ0) is 17.4. The first-order chi connectivity index (χ1) is 11.7. The van der Waals surface area contributed by atoms with Crippen LogP contribution in [0.5, 0.6) is 0 Å². The number of nitrogens with one attached hydrogen (secondary N) is 2. The molecule has 0 aliphatic heterocycles. The van der Waals surface area contributed by atoms with Crippen LogP contribution in [0, 0.1) is 11.3 Å². The monoisotopic (exact) mass is 347 g/mol. The number of hydrogen-bond donors (Lipinski definition) is 2. The summed E-state index contributed by atoms with van der Waals surface area (Å²) >= 11 is 1.52. The van der Waals surface area contributed by atoms with Crippen LogP contribution in [0.2, 0.25) is 0 Å². The number of aryl methyl sites for hydroxylation is 2. The Labute approximate surface area is 145 Å². The molecule has 2 N–H and O–H groups in total. The minimum absolute atomic E-state index is 0.185. The van der Waals surface area contributed by atoms with Crippen LogP contribution in [-0.2, 0) is 22.4 Å². The largest absolute Gasteiger partial charge is 0.462 e. The minimum atomic E-state index is -0.721. The van der Waals surface area contributed by atoms with Crippen molar-refractivity contribution in [1.82, 2.24) is 10.9 Å². The summed E-state index contributed by atoms with van der Waals surface area (Å²) in [6, 6.07) is 3.68. The van der Waals surface area contributed by atoms with E-state index in [0.717, 1.165) is 25.5 Å². The van der Waals surface area contributed by atoms with Gasteiger partial charge in [-0.05, 0) is 44.2 Å². The maximum Gasteiger partial charge on any atom is 0.350 e. The number of amides is 1. The van der Waals surface area contributed by atoms with Crippen molar-refractivity contribution in [2.75, 3.05) is 6.61 Å². The fourth-order valence-corrected chi connectivity index (χ4v) is 3.69. The van der Waals surface area contributed by atoms with Gasteiger partial charge in [0.2, 0.25) is 0 Å². The number of rotatable bonds is 5. The Hall–Kier alpha value is -2.33. The van der Waals surface area contributed by atoms with Crippen LogP contribution >= 0.6 is 11.3 Å². The lowest BCUT2D eigenvalue weighted by Gasteiger charge is -2.07. The smallest absolute Gasteiger partial charge is 0.350 e. The molecule has 0 atom stereocenters. The van der Waals surface area contributed by atoms with Gasteiger partial charge in [0.05, 0.1) is 11.5 Å². The second-order valence-corrected chi connectivity index (χ2v) is 6.60. The Morgan fingerprint density at radius 2 is 2.08 bits per heavy atom. The van der Waals surface area contributed by atoms with Gasteiger partial charge < -0.3 is 10.2 Å². The number of nitriles is 1. The molecule has 0 saturated carbocycles. The molecule has 7 heteroatoms. The summed E-state index contributed by atoms with van der Waals surface area (Å²) in [4.78, 5) is 25.6. The van der Waals surface area contributed by atoms with Crippen molar-refractivity contribution in [2.24, 2.45) is 0 Å². The quantitative estimate of drug-likeness (QED) is 0.370. The molecule has 1 amide bonds. The molecule has 0 aromatic carbocycles. The highest BCUT2D eigenvalue weighted by atomic mass is 32.1. The number of hydrazine groups is 1. The summed E-state index contributed by atoms with van der Waals surface area (Å²) in [5.74, 6) is -0.995. The Kier molecular flexibility index (Phi) is 6.82. The number of esters is 1. The second-order valence-electron chi connectivity index (χ2n) is 5.46. The van der Waals surface area contributed by atoms with E-state index in [1.165, 1.54) is 41.0 Å². The van der Waals surface area contributed by atoms with Crippen LogP contribution in [0.4, 0.5) is 0 Å². The Morgan fingerprint density at radius 3 is 2.79 bits per heavy atom. The topological polar surface area (TPSA) is 91.2 Å². The van der Waals surface area contributed by atoms with Gasteiger partial charge in [-0.2, -0.15) is 5.26 Å². The van der Waals surface area contributed by atoms with E-state index in [4.69, 9.17) is 10.00 Å². The zero-order valence-electron chi connectivity index (χ0n) is 13.7. The molecule has 24 heavy (non-hydrogen) atoms. The lowest BCUT2D eigenvalue weighted by Crippen LogP contribution is -2.33. The molecule has 0 saturated heterocycles. The van der Waals surface area contributed by atoms with E-state index >= 15 is 0 Å². The summed E-state index contributed by atoms with van der Waals surface area (Å²) < 4.78 is 4.74. The number of ether oxygens (including phenoxy) is 1. The van der Waals surface area contributed by atoms with Crippen molar-refractivity contribution in [1.29, 1.82) is 5.26 Å². The first kappa shape index (κ1) is 18.0. The molecule has 0 unspecified atom stereocenters. The van der Waals surface area contributed by atoms with Gasteiger partial charge in [-0.1, -0.05) is 12.8 Å². The molecule has 0 bridgehead atoms. The predicted molar refractivity (Wildman–Crippen MR) is 91.1 cm³/mol. The predicted octanol–water partition coefficient (Wildman–Crippen LogP) is 2.61. The van der Waals surface area contributed by atoms with E-state index in [2.05, 4.69) is 10.9 Å². The molecule has 2 rings (SSSR count). The van der Waals surface area contributed by atoms with E-state index in [0.29, 0.717) is 4.88 Å². The zero-order valence-corrected chi connectivity index (χ0v) is 14.5. The normalized spacial score (nSPS) is 14.6. The summed E-state index contributed by atoms with van der Waals surface area (Å²) in [5.41, 5.74) is 6.06. The van der Waals surface area contributed by atoms with Crippen LogP contribution < -0.4 is 10.9 Å². The molecule has 0 spiro atoms. The van der Waals surface area contributed by atoms with Gasteiger partial charge in [0.15, 0.2) is 5.57 Å². The van der Waals surface area contributed by atoms with E-state index < -0.39 is 5.97 Å². The van der Waals surface area contributed by atoms with Crippen LogP contribution in [0.3, 0.4) is 0 Å². The van der Waals surface area contributed by atoms with Crippen molar-refractivity contribution in [2.45, 2.75) is 45.4 Å². The highest BCUT2D eigenvalue weighted by molar-refractivity contribution is 7.14. The molecular formula is C17H21N3O3S.